The Morgan fingerprint density at radius 3 is 2.50 bits per heavy atom. The van der Waals surface area contributed by atoms with Crippen molar-refractivity contribution < 1.29 is 4.92 Å². The normalized spacial score (nSPS) is 10.8. The number of para-hydroxylation sites is 1. The number of benzene rings is 2. The van der Waals surface area contributed by atoms with E-state index < -0.39 is 16.2 Å². The third-order valence-corrected chi connectivity index (χ3v) is 4.19. The molecule has 2 aromatic carbocycles. The summed E-state index contributed by atoms with van der Waals surface area (Å²) in [4.78, 5) is 23.6. The van der Waals surface area contributed by atoms with Gasteiger partial charge in [0, 0.05) is 17.5 Å². The van der Waals surface area contributed by atoms with Crippen LogP contribution in [0.1, 0.15) is 0 Å². The van der Waals surface area contributed by atoms with Gasteiger partial charge in [0.15, 0.2) is 0 Å². The van der Waals surface area contributed by atoms with Crippen LogP contribution in [0.4, 0.5) is 11.4 Å². The smallest absolute Gasteiger partial charge is 0.357 e. The topological polar surface area (TPSA) is 77.2 Å². The molecule has 1 N–H and O–H groups in total. The number of halogens is 2. The second-order valence-electron chi connectivity index (χ2n) is 4.98. The minimum atomic E-state index is -0.785. The lowest BCUT2D eigenvalue weighted by Gasteiger charge is -2.15. The van der Waals surface area contributed by atoms with Crippen LogP contribution in [-0.2, 0) is 0 Å². The van der Waals surface area contributed by atoms with Crippen molar-refractivity contribution in [2.45, 2.75) is 0 Å². The van der Waals surface area contributed by atoms with E-state index in [9.17, 15) is 14.9 Å². The number of hydrogen-bond donors (Lipinski definition) is 1. The van der Waals surface area contributed by atoms with Gasteiger partial charge in [0.2, 0.25) is 0 Å². The monoisotopic (exact) mass is 363 g/mol. The van der Waals surface area contributed by atoms with E-state index in [1.807, 2.05) is 0 Å². The molecule has 0 amide bonds. The molecule has 8 heteroatoms. The van der Waals surface area contributed by atoms with Gasteiger partial charge in [0.25, 0.3) is 0 Å². The van der Waals surface area contributed by atoms with Crippen LogP contribution in [0.3, 0.4) is 0 Å². The van der Waals surface area contributed by atoms with Gasteiger partial charge >= 0.3 is 11.2 Å². The molecule has 0 saturated carbocycles. The summed E-state index contributed by atoms with van der Waals surface area (Å²) in [6.45, 7) is 0. The Labute approximate surface area is 146 Å². The molecule has 122 valence electrons. The van der Waals surface area contributed by atoms with Crippen molar-refractivity contribution in [2.24, 2.45) is 0 Å². The van der Waals surface area contributed by atoms with Crippen molar-refractivity contribution >= 4 is 45.5 Å². The minimum absolute atomic E-state index is 0.139. The predicted octanol–water partition coefficient (Wildman–Crippen LogP) is 4.25. The molecule has 1 aromatic heterocycles. The van der Waals surface area contributed by atoms with Gasteiger partial charge < -0.3 is 5.32 Å². The maximum Gasteiger partial charge on any atom is 0.357 e. The number of nitro groups is 1. The fourth-order valence-corrected chi connectivity index (χ4v) is 3.03. The molecule has 0 aliphatic rings. The second-order valence-corrected chi connectivity index (χ2v) is 5.83. The largest absolute Gasteiger partial charge is 0.382 e. The fourth-order valence-electron chi connectivity index (χ4n) is 2.65. The van der Waals surface area contributed by atoms with Crippen molar-refractivity contribution in [3.8, 4) is 5.69 Å². The molecular weight excluding hydrogens is 353 g/mol. The molecule has 0 unspecified atom stereocenters. The van der Waals surface area contributed by atoms with Crippen molar-refractivity contribution in [3.63, 3.8) is 0 Å². The van der Waals surface area contributed by atoms with Crippen molar-refractivity contribution in [1.29, 1.82) is 0 Å². The first-order chi connectivity index (χ1) is 11.5. The van der Waals surface area contributed by atoms with Gasteiger partial charge in [-0.15, -0.1) is 0 Å². The van der Waals surface area contributed by atoms with Crippen LogP contribution >= 0.6 is 23.2 Å². The summed E-state index contributed by atoms with van der Waals surface area (Å²) in [6, 6.07) is 11.4. The first-order valence-electron chi connectivity index (χ1n) is 6.91. The Balaban J connectivity index is 2.60. The third-order valence-electron chi connectivity index (χ3n) is 3.64. The number of hydrogen-bond acceptors (Lipinski definition) is 4. The molecule has 1 heterocycles. The molecule has 0 fully saturated rings. The highest BCUT2D eigenvalue weighted by Gasteiger charge is 2.26. The van der Waals surface area contributed by atoms with E-state index in [0.29, 0.717) is 26.6 Å². The summed E-state index contributed by atoms with van der Waals surface area (Å²) in [6.07, 6.45) is 0. The summed E-state index contributed by atoms with van der Waals surface area (Å²) in [5.41, 5.74) is -0.419. The Morgan fingerprint density at radius 2 is 1.88 bits per heavy atom. The number of rotatable bonds is 3. The van der Waals surface area contributed by atoms with Gasteiger partial charge in [-0.25, -0.2) is 0 Å². The van der Waals surface area contributed by atoms with Crippen LogP contribution < -0.4 is 10.9 Å². The molecular formula is C16H11Cl2N3O3. The predicted molar refractivity (Wildman–Crippen MR) is 95.8 cm³/mol. The van der Waals surface area contributed by atoms with E-state index in [-0.39, 0.29) is 5.69 Å². The molecule has 0 aliphatic heterocycles. The maximum absolute atomic E-state index is 12.8. The highest BCUT2D eigenvalue weighted by molar-refractivity contribution is 6.32. The van der Waals surface area contributed by atoms with Crippen LogP contribution in [0.25, 0.3) is 16.6 Å². The fraction of sp³-hybridized carbons (Fsp3) is 0.0625. The van der Waals surface area contributed by atoms with Crippen molar-refractivity contribution in [2.75, 3.05) is 12.4 Å². The van der Waals surface area contributed by atoms with Gasteiger partial charge in [0.05, 0.1) is 21.2 Å². The zero-order chi connectivity index (χ0) is 17.4. The molecule has 0 atom stereocenters. The standard InChI is InChI=1S/C16H11Cl2N3O3/c1-19-14-10-7-6-9(17)8-13(10)20(16(22)15(14)21(23)24)12-5-3-2-4-11(12)18/h2-8,19H,1H3. The number of nitrogens with one attached hydrogen (secondary N) is 1. The molecule has 6 nitrogen and oxygen atoms in total. The van der Waals surface area contributed by atoms with Crippen LogP contribution in [0.2, 0.25) is 10.0 Å². The molecule has 0 spiro atoms. The zero-order valence-electron chi connectivity index (χ0n) is 12.4. The molecule has 0 radical (unpaired) electrons. The first-order valence-corrected chi connectivity index (χ1v) is 7.66. The van der Waals surface area contributed by atoms with E-state index in [2.05, 4.69) is 5.32 Å². The quantitative estimate of drug-likeness (QED) is 0.557. The Morgan fingerprint density at radius 1 is 1.17 bits per heavy atom. The van der Waals surface area contributed by atoms with Crippen molar-refractivity contribution in [3.05, 3.63) is 73.0 Å². The molecule has 0 saturated heterocycles. The average molecular weight is 364 g/mol. The lowest BCUT2D eigenvalue weighted by atomic mass is 10.1. The summed E-state index contributed by atoms with van der Waals surface area (Å²) in [7, 11) is 1.52. The summed E-state index contributed by atoms with van der Waals surface area (Å²) >= 11 is 12.3. The van der Waals surface area contributed by atoms with Gasteiger partial charge in [0.1, 0.15) is 5.69 Å². The van der Waals surface area contributed by atoms with Gasteiger partial charge in [-0.2, -0.15) is 0 Å². The first kappa shape index (κ1) is 16.3. The number of pyridine rings is 1. The zero-order valence-corrected chi connectivity index (χ0v) is 13.9. The highest BCUT2D eigenvalue weighted by Crippen LogP contribution is 2.33. The number of fused-ring (bicyclic) bond motifs is 1. The molecule has 0 bridgehead atoms. The minimum Gasteiger partial charge on any atom is -0.382 e. The SMILES string of the molecule is CNc1c([N+](=O)[O-])c(=O)n(-c2ccccc2Cl)c2cc(Cl)ccc12. The van der Waals surface area contributed by atoms with Crippen LogP contribution in [0, 0.1) is 10.1 Å². The second kappa shape index (κ2) is 6.14. The lowest BCUT2D eigenvalue weighted by Crippen LogP contribution is -2.23. The van der Waals surface area contributed by atoms with E-state index in [1.165, 1.54) is 11.6 Å². The summed E-state index contributed by atoms with van der Waals surface area (Å²) in [5, 5.41) is 15.4. The van der Waals surface area contributed by atoms with E-state index in [4.69, 9.17) is 23.2 Å². The van der Waals surface area contributed by atoms with Crippen LogP contribution in [0.15, 0.2) is 47.3 Å². The Kier molecular flexibility index (Phi) is 4.17. The number of nitrogens with zero attached hydrogens (tertiary/aromatic N) is 2. The highest BCUT2D eigenvalue weighted by atomic mass is 35.5. The summed E-state index contributed by atoms with van der Waals surface area (Å²) < 4.78 is 1.21. The number of anilines is 1. The average Bonchev–Trinajstić information content (AvgIpc) is 2.54. The van der Waals surface area contributed by atoms with Crippen LogP contribution in [-0.4, -0.2) is 16.5 Å². The third kappa shape index (κ3) is 2.50. The van der Waals surface area contributed by atoms with E-state index in [1.54, 1.807) is 42.5 Å². The summed E-state index contributed by atoms with van der Waals surface area (Å²) in [5.74, 6) is 0. The Hall–Kier alpha value is -2.57. The van der Waals surface area contributed by atoms with Gasteiger partial charge in [-0.05, 0) is 30.3 Å². The number of aromatic nitrogens is 1. The molecule has 24 heavy (non-hydrogen) atoms. The Bertz CT molecular complexity index is 1030. The molecule has 3 rings (SSSR count). The van der Waals surface area contributed by atoms with E-state index >= 15 is 0 Å². The van der Waals surface area contributed by atoms with Crippen LogP contribution in [0.5, 0.6) is 0 Å². The molecule has 3 aromatic rings. The van der Waals surface area contributed by atoms with E-state index in [0.717, 1.165) is 0 Å². The van der Waals surface area contributed by atoms with Crippen molar-refractivity contribution in [1.82, 2.24) is 4.57 Å². The van der Waals surface area contributed by atoms with Gasteiger partial charge in [-0.1, -0.05) is 35.3 Å². The van der Waals surface area contributed by atoms with Gasteiger partial charge in [-0.3, -0.25) is 19.5 Å². The molecule has 0 aliphatic carbocycles. The maximum atomic E-state index is 12.8. The lowest BCUT2D eigenvalue weighted by molar-refractivity contribution is -0.385.